The first-order valence-electron chi connectivity index (χ1n) is 13.5. The molecule has 0 aromatic heterocycles. The summed E-state index contributed by atoms with van der Waals surface area (Å²) in [5, 5.41) is 0. The molecule has 0 heterocycles. The second-order valence-corrected chi connectivity index (χ2v) is 19.8. The van der Waals surface area contributed by atoms with E-state index in [0.29, 0.717) is 0 Å². The van der Waals surface area contributed by atoms with Gasteiger partial charge in [-0.25, -0.2) is 0 Å². The number of unbranched alkanes of at least 4 members (excludes halogenated alkanes) is 1. The quantitative estimate of drug-likeness (QED) is 0.162. The van der Waals surface area contributed by atoms with E-state index in [2.05, 4.69) is 69.2 Å². The van der Waals surface area contributed by atoms with Crippen LogP contribution in [0.1, 0.15) is 114 Å². The predicted octanol–water partition coefficient (Wildman–Crippen LogP) is 10.8. The van der Waals surface area contributed by atoms with Gasteiger partial charge in [0.15, 0.2) is 0 Å². The zero-order valence-electron chi connectivity index (χ0n) is 24.4. The topological polar surface area (TPSA) is 23.3 Å². The van der Waals surface area contributed by atoms with Crippen molar-refractivity contribution in [2.45, 2.75) is 142 Å². The van der Waals surface area contributed by atoms with Crippen molar-refractivity contribution in [3.63, 3.8) is 0 Å². The molecule has 5 unspecified atom stereocenters. The van der Waals surface area contributed by atoms with Gasteiger partial charge in [0.05, 0.1) is 5.60 Å². The molecule has 0 amide bonds. The Hall–Kier alpha value is 1.43. The Morgan fingerprint density at radius 1 is 0.824 bits per heavy atom. The number of hydrogen-bond donors (Lipinski definition) is 0. The third-order valence-corrected chi connectivity index (χ3v) is 15.0. The van der Waals surface area contributed by atoms with Gasteiger partial charge in [0.2, 0.25) is 0 Å². The Labute approximate surface area is 232 Å². The van der Waals surface area contributed by atoms with Gasteiger partial charge in [0.25, 0.3) is 0 Å². The Kier molecular flexibility index (Phi) is 16.4. The van der Waals surface area contributed by atoms with Gasteiger partial charge in [0.1, 0.15) is 0 Å². The molecule has 0 N–H and O–H groups in total. The Morgan fingerprint density at radius 3 is 1.71 bits per heavy atom. The van der Waals surface area contributed by atoms with Crippen molar-refractivity contribution in [1.82, 2.24) is 0 Å². The number of halogens is 2. The summed E-state index contributed by atoms with van der Waals surface area (Å²) >= 11 is -0.556. The second-order valence-electron chi connectivity index (χ2n) is 13.1. The molecule has 0 aliphatic heterocycles. The summed E-state index contributed by atoms with van der Waals surface area (Å²) in [5.41, 5.74) is 1.82. The van der Waals surface area contributed by atoms with Crippen LogP contribution in [0.4, 0.5) is 0 Å². The number of hydrogen-bond acceptors (Lipinski definition) is 1. The van der Waals surface area contributed by atoms with Crippen molar-refractivity contribution in [1.29, 1.82) is 0 Å². The molecule has 34 heavy (non-hydrogen) atoms. The number of nitrogens with zero attached hydrogens (tertiary/aromatic N) is 1. The van der Waals surface area contributed by atoms with Crippen LogP contribution in [0, 0.1) is 31.1 Å². The third-order valence-electron chi connectivity index (χ3n) is 8.56. The van der Waals surface area contributed by atoms with Crippen LogP contribution in [-0.4, -0.2) is 26.0 Å². The van der Waals surface area contributed by atoms with Gasteiger partial charge in [-0.05, 0) is 59.1 Å². The fourth-order valence-corrected chi connectivity index (χ4v) is 14.6. The van der Waals surface area contributed by atoms with Gasteiger partial charge >= 0.3 is 35.6 Å². The zero-order valence-corrected chi connectivity index (χ0v) is 28.5. The van der Waals surface area contributed by atoms with E-state index in [4.69, 9.17) is 28.3 Å². The van der Waals surface area contributed by atoms with Gasteiger partial charge in [-0.3, -0.25) is 0 Å². The average Bonchev–Trinajstić information content (AvgIpc) is 2.89. The summed E-state index contributed by atoms with van der Waals surface area (Å²) < 4.78 is 6.08. The first-order chi connectivity index (χ1) is 15.2. The molecular formula is C28H57Cl2NOSiTi-2. The van der Waals surface area contributed by atoms with Crippen molar-refractivity contribution in [3.05, 3.63) is 12.4 Å². The zero-order chi connectivity index (χ0) is 25.4. The van der Waals surface area contributed by atoms with Gasteiger partial charge in [-0.15, -0.1) is 5.54 Å². The van der Waals surface area contributed by atoms with Crippen LogP contribution >= 0.6 is 18.6 Å². The molecule has 2 saturated carbocycles. The van der Waals surface area contributed by atoms with Crippen molar-refractivity contribution in [3.8, 4) is 0 Å². The van der Waals surface area contributed by atoms with Crippen LogP contribution in [0.2, 0.25) is 17.1 Å². The van der Waals surface area contributed by atoms with Crippen molar-refractivity contribution < 1.29 is 21.8 Å². The van der Waals surface area contributed by atoms with E-state index in [9.17, 15) is 0 Å². The van der Waals surface area contributed by atoms with E-state index >= 15 is 0 Å². The van der Waals surface area contributed by atoms with Crippen molar-refractivity contribution >= 4 is 26.8 Å². The second kappa shape index (κ2) is 15.7. The molecule has 0 radical (unpaired) electrons. The normalized spacial score (nSPS) is 30.1. The Bertz CT molecular complexity index is 534. The first kappa shape index (κ1) is 35.4. The van der Waals surface area contributed by atoms with E-state index in [1.165, 1.54) is 51.0 Å². The minimum atomic E-state index is -1.83. The van der Waals surface area contributed by atoms with E-state index in [0.717, 1.165) is 41.4 Å². The maximum atomic E-state index is 6.08. The molecule has 2 nitrogen and oxygen atoms in total. The summed E-state index contributed by atoms with van der Waals surface area (Å²) in [6, 6.07) is 1.39. The summed E-state index contributed by atoms with van der Waals surface area (Å²) in [5.74, 6) is 3.31. The van der Waals surface area contributed by atoms with E-state index in [-0.39, 0.29) is 18.6 Å². The van der Waals surface area contributed by atoms with Gasteiger partial charge in [-0.2, -0.15) is 0 Å². The Balaban J connectivity index is 0.00000258. The molecule has 0 saturated heterocycles. The first-order valence-corrected chi connectivity index (χ1v) is 20.1. The standard InChI is InChI=1S/C27H54NOSi.CH3.2ClH.Ti/c1-20-21(2)23(4)25(22(20)3)30(28-26(5,6)7,24-16-12-11-13-17-24)19-15-14-18-29-27(8,9)10;;;;/h20-25H,11-19H2,1-10H3;1H3;2*1H;/q2*-1;;;+2/p-2. The summed E-state index contributed by atoms with van der Waals surface area (Å²) in [7, 11) is 7.94. The molecule has 2 rings (SSSR count). The van der Waals surface area contributed by atoms with Crippen LogP contribution in [0.25, 0.3) is 4.98 Å². The monoisotopic (exact) mass is 569 g/mol. The minimum absolute atomic E-state index is 0. The summed E-state index contributed by atoms with van der Waals surface area (Å²) in [6.45, 7) is 24.8. The predicted molar refractivity (Wildman–Crippen MR) is 154 cm³/mol. The average molecular weight is 571 g/mol. The molecule has 2 aliphatic rings. The summed E-state index contributed by atoms with van der Waals surface area (Å²) in [6.07, 6.45) is 9.71. The molecule has 0 bridgehead atoms. The third kappa shape index (κ3) is 10.7. The molecule has 0 spiro atoms. The van der Waals surface area contributed by atoms with Crippen molar-refractivity contribution in [2.24, 2.45) is 23.7 Å². The fraction of sp³-hybridized carbons (Fsp3) is 0.964. The van der Waals surface area contributed by atoms with Crippen molar-refractivity contribution in [2.75, 3.05) is 6.61 Å². The van der Waals surface area contributed by atoms with Crippen LogP contribution in [-0.2, 0) is 21.8 Å². The van der Waals surface area contributed by atoms with E-state index in [1.807, 2.05) is 0 Å². The SMILES string of the molecule is CC1C(C)C(C)C([Si](CCCCOC(C)(C)C)([N-]C(C)(C)C)C2CCCCC2)C1C.[CH3-].[Cl][Ti][Cl]. The molecule has 2 fully saturated rings. The van der Waals surface area contributed by atoms with E-state index < -0.39 is 25.3 Å². The van der Waals surface area contributed by atoms with Crippen LogP contribution in [0.15, 0.2) is 0 Å². The number of ether oxygens (including phenoxy) is 1. The van der Waals surface area contributed by atoms with Crippen LogP contribution < -0.4 is 0 Å². The molecule has 6 heteroatoms. The van der Waals surface area contributed by atoms with Gasteiger partial charge < -0.3 is 17.1 Å². The van der Waals surface area contributed by atoms with Gasteiger partial charge in [-0.1, -0.05) is 104 Å². The molecular weight excluding hydrogens is 513 g/mol. The molecule has 5 atom stereocenters. The number of rotatable bonds is 8. The molecule has 204 valence electrons. The fourth-order valence-electron chi connectivity index (χ4n) is 6.98. The van der Waals surface area contributed by atoms with Gasteiger partial charge in [0, 0.05) is 6.61 Å². The van der Waals surface area contributed by atoms with Crippen LogP contribution in [0.5, 0.6) is 0 Å². The summed E-state index contributed by atoms with van der Waals surface area (Å²) in [4.78, 5) is 5.96. The molecule has 0 aromatic carbocycles. The van der Waals surface area contributed by atoms with Crippen LogP contribution in [0.3, 0.4) is 0 Å². The Morgan fingerprint density at radius 2 is 1.29 bits per heavy atom. The molecule has 2 aliphatic carbocycles. The molecule has 0 aromatic rings. The maximum absolute atomic E-state index is 6.08. The van der Waals surface area contributed by atoms with E-state index in [1.54, 1.807) is 0 Å².